The van der Waals surface area contributed by atoms with E-state index in [-0.39, 0.29) is 7.43 Å². The molecule has 0 aliphatic carbocycles. The van der Waals surface area contributed by atoms with Crippen molar-refractivity contribution in [1.82, 2.24) is 30.2 Å². The summed E-state index contributed by atoms with van der Waals surface area (Å²) in [5.41, 5.74) is 10.6. The molecule has 0 aliphatic rings. The third-order valence-corrected chi connectivity index (χ3v) is 19.2. The predicted octanol–water partition coefficient (Wildman–Crippen LogP) is 14.2. The Kier molecular flexibility index (Phi) is 21.1. The number of hydrogen-bond acceptors (Lipinski definition) is 19. The Labute approximate surface area is 498 Å². The second-order valence-electron chi connectivity index (χ2n) is 20.1. The molecular formula is C63H64N6O11S4. The maximum Gasteiger partial charge on any atom is 0.258 e. The van der Waals surface area contributed by atoms with Crippen molar-refractivity contribution in [2.24, 2.45) is 0 Å². The maximum atomic E-state index is 12.7. The van der Waals surface area contributed by atoms with Crippen molar-refractivity contribution in [1.29, 1.82) is 0 Å². The summed E-state index contributed by atoms with van der Waals surface area (Å²) in [5, 5.41) is 9.47. The zero-order valence-corrected chi connectivity index (χ0v) is 50.4. The normalized spacial score (nSPS) is 12.0. The fourth-order valence-electron chi connectivity index (χ4n) is 8.45. The van der Waals surface area contributed by atoms with Crippen LogP contribution in [0.5, 0.6) is 0 Å². The van der Waals surface area contributed by atoms with Crippen LogP contribution in [0.15, 0.2) is 177 Å². The molecule has 21 heteroatoms. The highest BCUT2D eigenvalue weighted by Crippen LogP contribution is 2.39. The zero-order valence-electron chi connectivity index (χ0n) is 47.2. The third kappa shape index (κ3) is 15.5. The molecule has 436 valence electrons. The first-order chi connectivity index (χ1) is 39.6. The molecule has 0 aliphatic heterocycles. The van der Waals surface area contributed by atoms with Gasteiger partial charge in [-0.15, -0.1) is 0 Å². The lowest BCUT2D eigenvalue weighted by atomic mass is 9.92. The van der Waals surface area contributed by atoms with Gasteiger partial charge in [-0.25, -0.2) is 26.6 Å². The van der Waals surface area contributed by atoms with E-state index in [9.17, 15) is 21.6 Å². The van der Waals surface area contributed by atoms with Gasteiger partial charge in [0.1, 0.15) is 6.29 Å². The van der Waals surface area contributed by atoms with E-state index in [1.807, 2.05) is 140 Å². The lowest BCUT2D eigenvalue weighted by molar-refractivity contribution is -0.160. The number of hydrogen-bond donors (Lipinski definition) is 0. The minimum absolute atomic E-state index is 0. The van der Waals surface area contributed by atoms with Crippen LogP contribution < -0.4 is 0 Å². The molecule has 0 saturated carbocycles. The van der Waals surface area contributed by atoms with Gasteiger partial charge >= 0.3 is 0 Å². The number of rotatable bonds is 18. The van der Waals surface area contributed by atoms with Crippen LogP contribution in [0, 0.1) is 13.8 Å². The summed E-state index contributed by atoms with van der Waals surface area (Å²) >= 11 is 2.28. The van der Waals surface area contributed by atoms with Gasteiger partial charge in [-0.05, 0) is 159 Å². The molecule has 0 unspecified atom stereocenters. The zero-order chi connectivity index (χ0) is 59.5. The maximum absolute atomic E-state index is 12.7. The van der Waals surface area contributed by atoms with Gasteiger partial charge in [-0.3, -0.25) is 14.8 Å². The fourth-order valence-corrected chi connectivity index (χ4v) is 10.3. The molecule has 4 aromatic heterocycles. The summed E-state index contributed by atoms with van der Waals surface area (Å²) in [7, 11) is -3.77. The van der Waals surface area contributed by atoms with Gasteiger partial charge in [-0.1, -0.05) is 90.5 Å². The second-order valence-corrected chi connectivity index (χ2v) is 26.7. The Bertz CT molecular complexity index is 4170. The van der Waals surface area contributed by atoms with Crippen molar-refractivity contribution in [3.63, 3.8) is 0 Å². The van der Waals surface area contributed by atoms with Crippen LogP contribution in [0.2, 0.25) is 0 Å². The number of nitrogens with zero attached hydrogens (tertiary/aromatic N) is 6. The number of fused-ring (bicyclic) bond motifs is 2. The van der Waals surface area contributed by atoms with Crippen molar-refractivity contribution in [3.8, 4) is 22.3 Å². The molecule has 10 rings (SSSR count). The molecule has 0 amide bonds. The van der Waals surface area contributed by atoms with Gasteiger partial charge in [0.25, 0.3) is 5.89 Å². The Hall–Kier alpha value is -7.73. The number of carbonyl (C=O) groups excluding carboxylic acids is 1. The van der Waals surface area contributed by atoms with Crippen molar-refractivity contribution in [2.75, 3.05) is 26.7 Å². The first-order valence-electron chi connectivity index (χ1n) is 25.7. The third-order valence-electron chi connectivity index (χ3n) is 13.7. The van der Waals surface area contributed by atoms with E-state index in [0.717, 1.165) is 94.4 Å². The van der Waals surface area contributed by atoms with Crippen molar-refractivity contribution >= 4 is 83.5 Å². The van der Waals surface area contributed by atoms with Gasteiger partial charge in [0.05, 0.1) is 65.3 Å². The van der Waals surface area contributed by atoms with E-state index in [2.05, 4.69) is 40.0 Å². The molecule has 84 heavy (non-hydrogen) atoms. The summed E-state index contributed by atoms with van der Waals surface area (Å²) < 4.78 is 68.2. The molecular weight excluding hydrogens is 1140 g/mol. The van der Waals surface area contributed by atoms with Gasteiger partial charge in [0.15, 0.2) is 31.3 Å². The molecule has 0 spiro atoms. The minimum Gasteiger partial charge on any atom is -0.339 e. The molecule has 17 nitrogen and oxygen atoms in total. The van der Waals surface area contributed by atoms with E-state index in [1.165, 1.54) is 38.8 Å². The second kappa shape index (κ2) is 27.8. The highest BCUT2D eigenvalue weighted by molar-refractivity contribution is 7.94. The molecule has 0 bridgehead atoms. The van der Waals surface area contributed by atoms with Crippen molar-refractivity contribution in [3.05, 3.63) is 215 Å². The van der Waals surface area contributed by atoms with Crippen molar-refractivity contribution < 1.29 is 49.1 Å². The number of sulfone groups is 2. The van der Waals surface area contributed by atoms with E-state index < -0.39 is 29.2 Å². The summed E-state index contributed by atoms with van der Waals surface area (Å²) in [6.45, 7) is 10.4. The predicted molar refractivity (Wildman–Crippen MR) is 331 cm³/mol. The van der Waals surface area contributed by atoms with Gasteiger partial charge in [-0.2, -0.15) is 18.6 Å². The smallest absolute Gasteiger partial charge is 0.258 e. The van der Waals surface area contributed by atoms with Gasteiger partial charge < -0.3 is 9.05 Å². The molecule has 4 heterocycles. The number of pyridine rings is 2. The minimum atomic E-state index is -3.38. The first-order valence-corrected chi connectivity index (χ1v) is 30.9. The van der Waals surface area contributed by atoms with Crippen LogP contribution in [0.3, 0.4) is 0 Å². The molecule has 10 aromatic rings. The number of aldehydes is 1. The van der Waals surface area contributed by atoms with Crippen LogP contribution in [-0.2, 0) is 54.0 Å². The average Bonchev–Trinajstić information content (AvgIpc) is 4.26. The highest BCUT2D eigenvalue weighted by Gasteiger charge is 2.34. The number of carbonyl (C=O) groups is 1. The van der Waals surface area contributed by atoms with E-state index >= 15 is 0 Å². The van der Waals surface area contributed by atoms with Crippen LogP contribution >= 0.6 is 24.1 Å². The fraction of sp³-hybridized carbons (Fsp3) is 0.222. The molecule has 0 radical (unpaired) electrons. The lowest BCUT2D eigenvalue weighted by Gasteiger charge is -2.24. The summed E-state index contributed by atoms with van der Waals surface area (Å²) in [4.78, 5) is 39.9. The molecule has 0 saturated heterocycles. The largest absolute Gasteiger partial charge is 0.339 e. The quantitative estimate of drug-likeness (QED) is 0.0256. The summed E-state index contributed by atoms with van der Waals surface area (Å²) in [5.74, 6) is 2.20. The summed E-state index contributed by atoms with van der Waals surface area (Å²) in [6, 6.07) is 45.9. The number of aryl methyl sites for hydroxylation is 2. The Morgan fingerprint density at radius 2 is 1.06 bits per heavy atom. The van der Waals surface area contributed by atoms with E-state index in [4.69, 9.17) is 17.7 Å². The lowest BCUT2D eigenvalue weighted by Crippen LogP contribution is -2.28. The molecule has 0 atom stereocenters. The number of benzene rings is 6. The number of aromatic nitrogens is 6. The highest BCUT2D eigenvalue weighted by atomic mass is 32.2. The van der Waals surface area contributed by atoms with Crippen LogP contribution in [0.4, 0.5) is 0 Å². The Morgan fingerprint density at radius 3 is 1.51 bits per heavy atom. The Balaban J connectivity index is 0.000000199. The van der Waals surface area contributed by atoms with E-state index in [0.29, 0.717) is 46.5 Å². The first kappa shape index (κ1) is 63.8. The van der Waals surface area contributed by atoms with Crippen LogP contribution in [-0.4, -0.2) is 80.1 Å². The van der Waals surface area contributed by atoms with Crippen LogP contribution in [0.25, 0.3) is 55.7 Å². The Morgan fingerprint density at radius 1 is 0.583 bits per heavy atom. The standard InChI is InChI=1S/C31H29N3O5S2.C20H19NO3S.C11H12N2O3S.CH4/c1-20-33-30(38-34-20)28(22-11-13-26(14-12-22)40-39-37-4)17-21-8-6-9-23(16-21)27-19-25(31(2,3)41(5,35)36)18-24-10-7-15-32-29(24)27;1-20(2,25(3,23)24)17-11-16-8-5-9-21-19(16)18(12-17)15-7-4-6-14(10-15)13-22;1-8-12-11(15-13-8)7-9-3-5-10(6-4-9)17-16-14-2;/h6-19H,1-5H3;4-13H,1-3H3;3-6H,7H2,1-2H3;1H4/b28-17+;;;. The monoisotopic (exact) mass is 1210 g/mol. The van der Waals surface area contributed by atoms with Crippen LogP contribution in [0.1, 0.15) is 96.7 Å². The molecule has 6 aromatic carbocycles. The average molecular weight is 1210 g/mol. The SMILES string of the molecule is C.CC(C)(c1cc(-c2cccc(C=O)c2)c2ncccc2c1)S(C)(=O)=O.COOSc1ccc(/C(=C\c2cccc(-c3cc(C(C)(C)S(C)(=O)=O)cc4cccnc34)c2)c2nc(C)no2)cc1.COOSc1ccc(Cc2nc(C)no2)cc1. The summed E-state index contributed by atoms with van der Waals surface area (Å²) in [6.07, 6.45) is 9.38. The molecule has 0 N–H and O–H groups in total. The van der Waals surface area contributed by atoms with E-state index in [1.54, 1.807) is 66.1 Å². The van der Waals surface area contributed by atoms with Gasteiger partial charge in [0.2, 0.25) is 5.89 Å². The van der Waals surface area contributed by atoms with Gasteiger partial charge in [0, 0.05) is 67.7 Å². The van der Waals surface area contributed by atoms with Crippen molar-refractivity contribution in [2.45, 2.75) is 74.7 Å². The molecule has 0 fully saturated rings. The topological polar surface area (TPSA) is 226 Å².